The van der Waals surface area contributed by atoms with E-state index in [2.05, 4.69) is 20.5 Å². The zero-order valence-corrected chi connectivity index (χ0v) is 8.68. The van der Waals surface area contributed by atoms with Gasteiger partial charge in [0, 0.05) is 18.2 Å². The fourth-order valence-electron chi connectivity index (χ4n) is 1.34. The number of nitrogens with zero attached hydrogens (tertiary/aromatic N) is 5. The van der Waals surface area contributed by atoms with Crippen LogP contribution in [-0.2, 0) is 6.42 Å². The maximum Gasteiger partial charge on any atom is 0.181 e. The van der Waals surface area contributed by atoms with E-state index < -0.39 is 0 Å². The molecule has 2 aromatic heterocycles. The maximum absolute atomic E-state index is 8.39. The van der Waals surface area contributed by atoms with Crippen LogP contribution < -0.4 is 0 Å². The lowest BCUT2D eigenvalue weighted by atomic mass is 10.1. The third kappa shape index (κ3) is 1.63. The lowest BCUT2D eigenvalue weighted by molar-refractivity contribution is 0.321. The third-order valence-corrected chi connectivity index (χ3v) is 2.49. The van der Waals surface area contributed by atoms with Gasteiger partial charge in [-0.3, -0.25) is 0 Å². The summed E-state index contributed by atoms with van der Waals surface area (Å²) in [6.45, 7) is 1.84. The first-order valence-electron chi connectivity index (χ1n) is 4.25. The van der Waals surface area contributed by atoms with Crippen molar-refractivity contribution in [1.29, 1.82) is 0 Å². The first kappa shape index (κ1) is 9.85. The summed E-state index contributed by atoms with van der Waals surface area (Å²) in [6, 6.07) is 0. The first-order valence-corrected chi connectivity index (χ1v) is 4.62. The van der Waals surface area contributed by atoms with Crippen LogP contribution in [0, 0.1) is 6.92 Å². The van der Waals surface area contributed by atoms with Crippen molar-refractivity contribution >= 4 is 23.5 Å². The lowest BCUT2D eigenvalue weighted by Gasteiger charge is -2.04. The predicted octanol–water partition coefficient (Wildman–Crippen LogP) is 1.09. The summed E-state index contributed by atoms with van der Waals surface area (Å²) in [4.78, 5) is 0. The van der Waals surface area contributed by atoms with Crippen molar-refractivity contribution in [3.8, 4) is 0 Å². The number of hydrogen-bond donors (Lipinski definition) is 1. The van der Waals surface area contributed by atoms with Gasteiger partial charge in [0.1, 0.15) is 6.33 Å². The minimum absolute atomic E-state index is 0.392. The molecule has 0 spiro atoms. The van der Waals surface area contributed by atoms with Crippen molar-refractivity contribution in [1.82, 2.24) is 19.8 Å². The van der Waals surface area contributed by atoms with Gasteiger partial charge in [-0.05, 0) is 12.5 Å². The molecule has 0 radical (unpaired) electrons. The molecule has 78 valence electrons. The van der Waals surface area contributed by atoms with Crippen LogP contribution >= 0.6 is 11.6 Å². The van der Waals surface area contributed by atoms with Gasteiger partial charge in [0.25, 0.3) is 0 Å². The summed E-state index contributed by atoms with van der Waals surface area (Å²) in [5, 5.41) is 23.4. The Morgan fingerprint density at radius 1 is 1.67 bits per heavy atom. The van der Waals surface area contributed by atoms with Crippen LogP contribution in [0.15, 0.2) is 11.5 Å². The van der Waals surface area contributed by atoms with Crippen LogP contribution in [0.1, 0.15) is 11.1 Å². The van der Waals surface area contributed by atoms with Crippen molar-refractivity contribution in [2.24, 2.45) is 5.16 Å². The molecule has 2 aromatic rings. The van der Waals surface area contributed by atoms with Crippen molar-refractivity contribution in [2.75, 3.05) is 0 Å². The zero-order chi connectivity index (χ0) is 10.8. The number of oxime groups is 1. The van der Waals surface area contributed by atoms with Crippen molar-refractivity contribution in [3.63, 3.8) is 0 Å². The predicted molar refractivity (Wildman–Crippen MR) is 54.5 cm³/mol. The second-order valence-corrected chi connectivity index (χ2v) is 3.35. The molecule has 0 aliphatic heterocycles. The van der Waals surface area contributed by atoms with Gasteiger partial charge >= 0.3 is 0 Å². The monoisotopic (exact) mass is 225 g/mol. The van der Waals surface area contributed by atoms with Gasteiger partial charge in [0.05, 0.1) is 0 Å². The van der Waals surface area contributed by atoms with Crippen LogP contribution in [0.4, 0.5) is 0 Å². The standard InChI is InChI=1S/C8H8ClN5O/c1-5-6(2-3-11-15)8-12-10-4-14(8)13-7(5)9/h3-4,15H,2H2,1H3/b11-3+. The van der Waals surface area contributed by atoms with Crippen LogP contribution in [-0.4, -0.2) is 31.2 Å². The Bertz CT molecular complexity index is 521. The molecule has 0 atom stereocenters. The van der Waals surface area contributed by atoms with Gasteiger partial charge in [-0.15, -0.1) is 15.4 Å². The molecule has 2 heterocycles. The highest BCUT2D eigenvalue weighted by molar-refractivity contribution is 6.30. The summed E-state index contributed by atoms with van der Waals surface area (Å²) in [6.07, 6.45) is 3.28. The second kappa shape index (κ2) is 3.82. The summed E-state index contributed by atoms with van der Waals surface area (Å²) in [5.41, 5.74) is 2.29. The van der Waals surface area contributed by atoms with Crippen molar-refractivity contribution in [3.05, 3.63) is 22.6 Å². The Balaban J connectivity index is 2.66. The fourth-order valence-corrected chi connectivity index (χ4v) is 1.54. The Morgan fingerprint density at radius 2 is 2.47 bits per heavy atom. The molecule has 1 N–H and O–H groups in total. The maximum atomic E-state index is 8.39. The Labute approximate surface area is 90.2 Å². The average molecular weight is 226 g/mol. The van der Waals surface area contributed by atoms with E-state index in [4.69, 9.17) is 16.8 Å². The van der Waals surface area contributed by atoms with E-state index in [1.165, 1.54) is 17.1 Å². The Hall–Kier alpha value is -1.69. The average Bonchev–Trinajstić information content (AvgIpc) is 2.66. The molecule has 0 saturated heterocycles. The van der Waals surface area contributed by atoms with Gasteiger partial charge in [-0.25, -0.2) is 0 Å². The summed E-state index contributed by atoms with van der Waals surface area (Å²) < 4.78 is 1.50. The molecule has 0 saturated carbocycles. The van der Waals surface area contributed by atoms with Crippen LogP contribution in [0.2, 0.25) is 5.15 Å². The van der Waals surface area contributed by atoms with E-state index in [1.54, 1.807) is 0 Å². The highest BCUT2D eigenvalue weighted by Gasteiger charge is 2.11. The third-order valence-electron chi connectivity index (χ3n) is 2.14. The molecule has 0 fully saturated rings. The first-order chi connectivity index (χ1) is 7.24. The van der Waals surface area contributed by atoms with E-state index in [1.807, 2.05) is 6.92 Å². The number of rotatable bonds is 2. The fraction of sp³-hybridized carbons (Fsp3) is 0.250. The summed E-state index contributed by atoms with van der Waals surface area (Å²) in [5.74, 6) is 0. The smallest absolute Gasteiger partial charge is 0.181 e. The molecule has 0 bridgehead atoms. The molecule has 7 heteroatoms. The molecule has 2 rings (SSSR count). The largest absolute Gasteiger partial charge is 0.411 e. The quantitative estimate of drug-likeness (QED) is 0.472. The highest BCUT2D eigenvalue weighted by atomic mass is 35.5. The van der Waals surface area contributed by atoms with E-state index in [0.717, 1.165) is 11.1 Å². The molecular weight excluding hydrogens is 218 g/mol. The van der Waals surface area contributed by atoms with Crippen molar-refractivity contribution < 1.29 is 5.21 Å². The van der Waals surface area contributed by atoms with Gasteiger partial charge in [-0.1, -0.05) is 11.6 Å². The molecule has 6 nitrogen and oxygen atoms in total. The van der Waals surface area contributed by atoms with Crippen LogP contribution in [0.25, 0.3) is 5.65 Å². The molecule has 0 aliphatic rings. The van der Waals surface area contributed by atoms with E-state index >= 15 is 0 Å². The second-order valence-electron chi connectivity index (χ2n) is 3.00. The van der Waals surface area contributed by atoms with Crippen molar-refractivity contribution in [2.45, 2.75) is 13.3 Å². The van der Waals surface area contributed by atoms with E-state index in [9.17, 15) is 0 Å². The lowest BCUT2D eigenvalue weighted by Crippen LogP contribution is -2.02. The van der Waals surface area contributed by atoms with Gasteiger partial charge in [0.2, 0.25) is 0 Å². The highest BCUT2D eigenvalue weighted by Crippen LogP contribution is 2.19. The number of hydrogen-bond acceptors (Lipinski definition) is 5. The number of fused-ring (bicyclic) bond motifs is 1. The van der Waals surface area contributed by atoms with Gasteiger partial charge in [-0.2, -0.15) is 9.61 Å². The van der Waals surface area contributed by atoms with Gasteiger partial charge < -0.3 is 5.21 Å². The molecular formula is C8H8ClN5O. The molecule has 0 amide bonds. The Morgan fingerprint density at radius 3 is 3.20 bits per heavy atom. The molecule has 15 heavy (non-hydrogen) atoms. The topological polar surface area (TPSA) is 75.7 Å². The van der Waals surface area contributed by atoms with E-state index in [0.29, 0.717) is 17.2 Å². The minimum atomic E-state index is 0.392. The summed E-state index contributed by atoms with van der Waals surface area (Å²) in [7, 11) is 0. The van der Waals surface area contributed by atoms with Gasteiger partial charge in [0.15, 0.2) is 10.8 Å². The molecule has 0 unspecified atom stereocenters. The number of aromatic nitrogens is 4. The van der Waals surface area contributed by atoms with E-state index in [-0.39, 0.29) is 0 Å². The SMILES string of the molecule is Cc1c(Cl)nn2cnnc2c1C/C=N/O. The minimum Gasteiger partial charge on any atom is -0.411 e. The Kier molecular flexibility index (Phi) is 2.51. The normalized spacial score (nSPS) is 11.6. The number of halogens is 1. The summed E-state index contributed by atoms with van der Waals surface area (Å²) >= 11 is 5.93. The zero-order valence-electron chi connectivity index (χ0n) is 7.92. The van der Waals surface area contributed by atoms with Crippen LogP contribution in [0.3, 0.4) is 0 Å². The molecule has 0 aliphatic carbocycles. The molecule has 0 aromatic carbocycles. The van der Waals surface area contributed by atoms with Crippen LogP contribution in [0.5, 0.6) is 0 Å².